The van der Waals surface area contributed by atoms with Crippen LogP contribution < -0.4 is 4.74 Å². The third-order valence-corrected chi connectivity index (χ3v) is 2.73. The van der Waals surface area contributed by atoms with E-state index in [1.165, 1.54) is 13.2 Å². The lowest BCUT2D eigenvalue weighted by molar-refractivity contribution is 0.348. The molecule has 2 aromatic carbocycles. The molecule has 0 atom stereocenters. The van der Waals surface area contributed by atoms with Gasteiger partial charge in [-0.1, -0.05) is 18.2 Å². The fraction of sp³-hybridized carbons (Fsp3) is 0.143. The molecule has 3 N–H and O–H groups in total. The Balaban J connectivity index is 2.34. The van der Waals surface area contributed by atoms with E-state index in [1.54, 1.807) is 30.3 Å². The van der Waals surface area contributed by atoms with Gasteiger partial charge in [-0.3, -0.25) is 0 Å². The number of methoxy groups -OCH3 is 1. The van der Waals surface area contributed by atoms with Gasteiger partial charge >= 0.3 is 0 Å². The summed E-state index contributed by atoms with van der Waals surface area (Å²) in [6.07, 6.45) is 0.539. The highest BCUT2D eigenvalue weighted by atomic mass is 16.5. The summed E-state index contributed by atoms with van der Waals surface area (Å²) in [7, 11) is 1.44. The van der Waals surface area contributed by atoms with Crippen LogP contribution >= 0.6 is 0 Å². The van der Waals surface area contributed by atoms with Crippen LogP contribution in [0.25, 0.3) is 0 Å². The van der Waals surface area contributed by atoms with Gasteiger partial charge in [-0.15, -0.1) is 0 Å². The van der Waals surface area contributed by atoms with Crippen LogP contribution in [0.3, 0.4) is 0 Å². The first-order valence-electron chi connectivity index (χ1n) is 5.47. The number of hydrogen-bond donors (Lipinski definition) is 3. The Kier molecular flexibility index (Phi) is 3.28. The largest absolute Gasteiger partial charge is 0.508 e. The van der Waals surface area contributed by atoms with Gasteiger partial charge in [-0.05, 0) is 23.8 Å². The molecule has 2 aromatic rings. The molecule has 0 aliphatic heterocycles. The van der Waals surface area contributed by atoms with Crippen molar-refractivity contribution in [3.8, 4) is 23.0 Å². The summed E-state index contributed by atoms with van der Waals surface area (Å²) in [4.78, 5) is 0. The normalized spacial score (nSPS) is 10.3. The smallest absolute Gasteiger partial charge is 0.200 e. The first-order valence-corrected chi connectivity index (χ1v) is 5.47. The van der Waals surface area contributed by atoms with Crippen molar-refractivity contribution in [2.75, 3.05) is 7.11 Å². The van der Waals surface area contributed by atoms with E-state index in [0.29, 0.717) is 6.42 Å². The fourth-order valence-corrected chi connectivity index (χ4v) is 1.80. The van der Waals surface area contributed by atoms with E-state index in [4.69, 9.17) is 4.74 Å². The number of phenols is 3. The zero-order valence-electron chi connectivity index (χ0n) is 9.92. The third-order valence-electron chi connectivity index (χ3n) is 2.73. The Morgan fingerprint density at radius 3 is 2.22 bits per heavy atom. The van der Waals surface area contributed by atoms with Crippen molar-refractivity contribution in [1.82, 2.24) is 0 Å². The minimum absolute atomic E-state index is 0.207. The van der Waals surface area contributed by atoms with Gasteiger partial charge in [-0.2, -0.15) is 0 Å². The fourth-order valence-electron chi connectivity index (χ4n) is 1.80. The summed E-state index contributed by atoms with van der Waals surface area (Å²) in [6, 6.07) is 9.90. The summed E-state index contributed by atoms with van der Waals surface area (Å²) in [5, 5.41) is 28.3. The van der Waals surface area contributed by atoms with Crippen molar-refractivity contribution in [3.63, 3.8) is 0 Å². The van der Waals surface area contributed by atoms with Gasteiger partial charge in [-0.25, -0.2) is 0 Å². The van der Waals surface area contributed by atoms with E-state index >= 15 is 0 Å². The summed E-state index contributed by atoms with van der Waals surface area (Å²) in [5.41, 5.74) is 1.73. The molecule has 0 radical (unpaired) electrons. The van der Waals surface area contributed by atoms with E-state index in [2.05, 4.69) is 0 Å². The topological polar surface area (TPSA) is 69.9 Å². The van der Waals surface area contributed by atoms with Gasteiger partial charge in [0.15, 0.2) is 11.5 Å². The number of ether oxygens (including phenoxy) is 1. The second-order valence-electron chi connectivity index (χ2n) is 3.97. The molecule has 0 heterocycles. The van der Waals surface area contributed by atoms with Gasteiger partial charge < -0.3 is 20.1 Å². The van der Waals surface area contributed by atoms with Gasteiger partial charge in [0.1, 0.15) is 5.75 Å². The van der Waals surface area contributed by atoms with Crippen LogP contribution in [-0.4, -0.2) is 22.4 Å². The Bertz CT molecular complexity index is 546. The van der Waals surface area contributed by atoms with E-state index in [-0.39, 0.29) is 23.0 Å². The number of hydrogen-bond acceptors (Lipinski definition) is 4. The van der Waals surface area contributed by atoms with Crippen molar-refractivity contribution in [2.45, 2.75) is 6.42 Å². The molecule has 0 unspecified atom stereocenters. The van der Waals surface area contributed by atoms with Crippen LogP contribution in [0.2, 0.25) is 0 Å². The van der Waals surface area contributed by atoms with E-state index in [0.717, 1.165) is 11.1 Å². The van der Waals surface area contributed by atoms with Crippen molar-refractivity contribution in [3.05, 3.63) is 47.5 Å². The first kappa shape index (κ1) is 12.1. The first-order chi connectivity index (χ1) is 8.61. The van der Waals surface area contributed by atoms with Gasteiger partial charge in [0.05, 0.1) is 7.11 Å². The Morgan fingerprint density at radius 2 is 1.61 bits per heavy atom. The van der Waals surface area contributed by atoms with E-state index in [9.17, 15) is 15.3 Å². The molecule has 4 heteroatoms. The van der Waals surface area contributed by atoms with Crippen LogP contribution in [-0.2, 0) is 6.42 Å². The van der Waals surface area contributed by atoms with Crippen LogP contribution in [0.15, 0.2) is 36.4 Å². The highest BCUT2D eigenvalue weighted by molar-refractivity contribution is 5.55. The molecule has 4 nitrogen and oxygen atoms in total. The third kappa shape index (κ3) is 2.32. The average Bonchev–Trinajstić information content (AvgIpc) is 2.37. The van der Waals surface area contributed by atoms with E-state index < -0.39 is 0 Å². The Labute approximate surface area is 105 Å². The zero-order chi connectivity index (χ0) is 13.1. The quantitative estimate of drug-likeness (QED) is 0.727. The SMILES string of the molecule is COc1c(Cc2ccc(O)cc2)ccc(O)c1O. The minimum atomic E-state index is -0.256. The molecular formula is C14H14O4. The van der Waals surface area contributed by atoms with Crippen LogP contribution in [0.1, 0.15) is 11.1 Å². The Hall–Kier alpha value is -2.36. The van der Waals surface area contributed by atoms with E-state index in [1.807, 2.05) is 0 Å². The molecule has 0 amide bonds. The van der Waals surface area contributed by atoms with Crippen molar-refractivity contribution < 1.29 is 20.1 Å². The summed E-state index contributed by atoms with van der Waals surface area (Å²) >= 11 is 0. The highest BCUT2D eigenvalue weighted by Crippen LogP contribution is 2.38. The van der Waals surface area contributed by atoms with Crippen molar-refractivity contribution >= 4 is 0 Å². The summed E-state index contributed by atoms with van der Waals surface area (Å²) in [5.74, 6) is 0.0115. The number of phenolic OH excluding ortho intramolecular Hbond substituents is 3. The van der Waals surface area contributed by atoms with Crippen LogP contribution in [0.4, 0.5) is 0 Å². The summed E-state index contributed by atoms with van der Waals surface area (Å²) < 4.78 is 5.09. The number of benzene rings is 2. The predicted octanol–water partition coefficient (Wildman–Crippen LogP) is 2.40. The van der Waals surface area contributed by atoms with Gasteiger partial charge in [0, 0.05) is 12.0 Å². The zero-order valence-corrected chi connectivity index (χ0v) is 9.92. The van der Waals surface area contributed by atoms with Gasteiger partial charge in [0.25, 0.3) is 0 Å². The average molecular weight is 246 g/mol. The van der Waals surface area contributed by atoms with Crippen LogP contribution in [0, 0.1) is 0 Å². The molecule has 0 spiro atoms. The maximum Gasteiger partial charge on any atom is 0.200 e. The molecule has 0 bridgehead atoms. The molecule has 94 valence electrons. The predicted molar refractivity (Wildman–Crippen MR) is 67.2 cm³/mol. The molecule has 0 aliphatic rings. The standard InChI is InChI=1S/C14H14O4/c1-18-14-10(4-7-12(16)13(14)17)8-9-2-5-11(15)6-3-9/h2-7,15-17H,8H2,1H3. The lowest BCUT2D eigenvalue weighted by atomic mass is 10.0. The van der Waals surface area contributed by atoms with Crippen molar-refractivity contribution in [2.24, 2.45) is 0 Å². The molecule has 18 heavy (non-hydrogen) atoms. The Morgan fingerprint density at radius 1 is 0.944 bits per heavy atom. The molecule has 0 aliphatic carbocycles. The molecular weight excluding hydrogens is 232 g/mol. The monoisotopic (exact) mass is 246 g/mol. The molecule has 0 aromatic heterocycles. The second-order valence-corrected chi connectivity index (χ2v) is 3.97. The van der Waals surface area contributed by atoms with Crippen LogP contribution in [0.5, 0.6) is 23.0 Å². The summed E-state index contributed by atoms with van der Waals surface area (Å²) in [6.45, 7) is 0. The van der Waals surface area contributed by atoms with Crippen molar-refractivity contribution in [1.29, 1.82) is 0 Å². The molecule has 0 saturated carbocycles. The highest BCUT2D eigenvalue weighted by Gasteiger charge is 2.13. The maximum absolute atomic E-state index is 9.69. The number of rotatable bonds is 3. The maximum atomic E-state index is 9.69. The minimum Gasteiger partial charge on any atom is -0.508 e. The number of aromatic hydroxyl groups is 3. The lowest BCUT2D eigenvalue weighted by Gasteiger charge is -2.11. The lowest BCUT2D eigenvalue weighted by Crippen LogP contribution is -1.94. The molecule has 0 fully saturated rings. The van der Waals surface area contributed by atoms with Gasteiger partial charge in [0.2, 0.25) is 5.75 Å². The second kappa shape index (κ2) is 4.87. The molecule has 0 saturated heterocycles. The molecule has 2 rings (SSSR count).